The Morgan fingerprint density at radius 2 is 2.00 bits per heavy atom. The van der Waals surface area contributed by atoms with Crippen LogP contribution in [-0.2, 0) is 4.74 Å². The van der Waals surface area contributed by atoms with Gasteiger partial charge in [0.1, 0.15) is 0 Å². The molecule has 2 heteroatoms. The minimum absolute atomic E-state index is 0.346. The molecular formula is C8H17O2. The van der Waals surface area contributed by atoms with Crippen LogP contribution >= 0.6 is 0 Å². The van der Waals surface area contributed by atoms with Gasteiger partial charge in [0.2, 0.25) is 0 Å². The van der Waals surface area contributed by atoms with Gasteiger partial charge in [0.05, 0.1) is 0 Å². The highest BCUT2D eigenvalue weighted by molar-refractivity contribution is 4.48. The topological polar surface area (TPSA) is 29.5 Å². The van der Waals surface area contributed by atoms with Gasteiger partial charge in [0.15, 0.2) is 6.29 Å². The zero-order chi connectivity index (χ0) is 7.98. The van der Waals surface area contributed by atoms with Gasteiger partial charge in [-0.3, -0.25) is 0 Å². The van der Waals surface area contributed by atoms with E-state index in [0.717, 1.165) is 6.42 Å². The fraction of sp³-hybridized carbons (Fsp3) is 0.875. The molecular weight excluding hydrogens is 128 g/mol. The first-order valence-electron chi connectivity index (χ1n) is 3.75. The number of hydrogen-bond donors (Lipinski definition) is 1. The zero-order valence-corrected chi connectivity index (χ0v) is 6.84. The summed E-state index contributed by atoms with van der Waals surface area (Å²) in [5, 5.41) is 9.04. The molecule has 1 unspecified atom stereocenters. The second-order valence-corrected chi connectivity index (χ2v) is 2.80. The molecule has 1 atom stereocenters. The SMILES string of the molecule is [CH2]COC(O)CCC(C)C. The number of ether oxygens (including phenoxy) is 1. The molecule has 0 rings (SSSR count). The monoisotopic (exact) mass is 145 g/mol. The summed E-state index contributed by atoms with van der Waals surface area (Å²) >= 11 is 0. The van der Waals surface area contributed by atoms with Crippen molar-refractivity contribution >= 4 is 0 Å². The molecule has 0 saturated carbocycles. The molecule has 0 bridgehead atoms. The summed E-state index contributed by atoms with van der Waals surface area (Å²) in [5.74, 6) is 0.628. The summed E-state index contributed by atoms with van der Waals surface area (Å²) in [5.41, 5.74) is 0. The third kappa shape index (κ3) is 6.05. The minimum Gasteiger partial charge on any atom is -0.368 e. The molecule has 0 amide bonds. The quantitative estimate of drug-likeness (QED) is 0.595. The Hall–Kier alpha value is -0.0800. The van der Waals surface area contributed by atoms with E-state index in [4.69, 9.17) is 9.84 Å². The standard InChI is InChI=1S/C8H17O2/c1-4-10-8(9)6-5-7(2)3/h7-9H,1,4-6H2,2-3H3. The fourth-order valence-electron chi connectivity index (χ4n) is 0.695. The lowest BCUT2D eigenvalue weighted by molar-refractivity contribution is -0.0956. The average molecular weight is 145 g/mol. The van der Waals surface area contributed by atoms with Crippen LogP contribution in [0, 0.1) is 12.8 Å². The van der Waals surface area contributed by atoms with E-state index in [0.29, 0.717) is 18.9 Å². The van der Waals surface area contributed by atoms with Gasteiger partial charge in [-0.05, 0) is 25.7 Å². The summed E-state index contributed by atoms with van der Waals surface area (Å²) in [6, 6.07) is 0. The summed E-state index contributed by atoms with van der Waals surface area (Å²) in [4.78, 5) is 0. The van der Waals surface area contributed by atoms with Crippen LogP contribution in [0.4, 0.5) is 0 Å². The highest BCUT2D eigenvalue weighted by atomic mass is 16.6. The van der Waals surface area contributed by atoms with E-state index in [2.05, 4.69) is 20.8 Å². The minimum atomic E-state index is -0.611. The molecule has 61 valence electrons. The maximum atomic E-state index is 9.04. The molecule has 1 radical (unpaired) electrons. The molecule has 2 nitrogen and oxygen atoms in total. The van der Waals surface area contributed by atoms with Crippen molar-refractivity contribution in [3.05, 3.63) is 6.92 Å². The average Bonchev–Trinajstić information content (AvgIpc) is 1.85. The highest BCUT2D eigenvalue weighted by Crippen LogP contribution is 2.06. The Morgan fingerprint density at radius 1 is 1.40 bits per heavy atom. The van der Waals surface area contributed by atoms with Gasteiger partial charge >= 0.3 is 0 Å². The molecule has 0 aromatic heterocycles. The molecule has 0 aromatic rings. The van der Waals surface area contributed by atoms with E-state index < -0.39 is 6.29 Å². The molecule has 0 aliphatic heterocycles. The predicted octanol–water partition coefficient (Wildman–Crippen LogP) is 1.59. The van der Waals surface area contributed by atoms with Crippen molar-refractivity contribution in [2.24, 2.45) is 5.92 Å². The Morgan fingerprint density at radius 3 is 2.40 bits per heavy atom. The van der Waals surface area contributed by atoms with Crippen LogP contribution in [0.5, 0.6) is 0 Å². The molecule has 1 N–H and O–H groups in total. The van der Waals surface area contributed by atoms with Crippen molar-refractivity contribution in [3.63, 3.8) is 0 Å². The van der Waals surface area contributed by atoms with Crippen LogP contribution in [0.2, 0.25) is 0 Å². The van der Waals surface area contributed by atoms with Crippen molar-refractivity contribution < 1.29 is 9.84 Å². The Balaban J connectivity index is 3.12. The third-order valence-corrected chi connectivity index (χ3v) is 1.30. The normalized spacial score (nSPS) is 14.1. The van der Waals surface area contributed by atoms with E-state index in [1.807, 2.05) is 0 Å². The van der Waals surface area contributed by atoms with E-state index in [-0.39, 0.29) is 0 Å². The van der Waals surface area contributed by atoms with Gasteiger partial charge in [-0.2, -0.15) is 0 Å². The first-order chi connectivity index (χ1) is 4.66. The Bertz CT molecular complexity index is 71.7. The van der Waals surface area contributed by atoms with E-state index in [9.17, 15) is 0 Å². The van der Waals surface area contributed by atoms with E-state index >= 15 is 0 Å². The van der Waals surface area contributed by atoms with Crippen LogP contribution < -0.4 is 0 Å². The molecule has 0 aromatic carbocycles. The van der Waals surface area contributed by atoms with Gasteiger partial charge in [-0.15, -0.1) is 0 Å². The fourth-order valence-corrected chi connectivity index (χ4v) is 0.695. The van der Waals surface area contributed by atoms with Crippen LogP contribution in [0.15, 0.2) is 0 Å². The van der Waals surface area contributed by atoms with Crippen LogP contribution in [0.25, 0.3) is 0 Å². The lowest BCUT2D eigenvalue weighted by Gasteiger charge is -2.10. The van der Waals surface area contributed by atoms with Crippen molar-refractivity contribution in [1.29, 1.82) is 0 Å². The molecule has 0 fully saturated rings. The molecule has 0 spiro atoms. The lowest BCUT2D eigenvalue weighted by atomic mass is 10.1. The summed E-state index contributed by atoms with van der Waals surface area (Å²) < 4.78 is 4.84. The first kappa shape index (κ1) is 9.92. The van der Waals surface area contributed by atoms with E-state index in [1.54, 1.807) is 0 Å². The Kier molecular flexibility index (Phi) is 5.64. The van der Waals surface area contributed by atoms with Gasteiger partial charge in [-0.25, -0.2) is 0 Å². The smallest absolute Gasteiger partial charge is 0.154 e. The van der Waals surface area contributed by atoms with Crippen molar-refractivity contribution in [3.8, 4) is 0 Å². The maximum Gasteiger partial charge on any atom is 0.154 e. The van der Waals surface area contributed by atoms with Crippen molar-refractivity contribution in [2.75, 3.05) is 6.61 Å². The number of rotatable bonds is 5. The van der Waals surface area contributed by atoms with Gasteiger partial charge in [0.25, 0.3) is 0 Å². The second kappa shape index (κ2) is 5.69. The molecule has 0 heterocycles. The van der Waals surface area contributed by atoms with Crippen LogP contribution in [0.1, 0.15) is 26.7 Å². The first-order valence-corrected chi connectivity index (χ1v) is 3.75. The molecule has 10 heavy (non-hydrogen) atoms. The summed E-state index contributed by atoms with van der Waals surface area (Å²) in [6.45, 7) is 8.06. The summed E-state index contributed by atoms with van der Waals surface area (Å²) in [6.07, 6.45) is 1.11. The maximum absolute atomic E-state index is 9.04. The van der Waals surface area contributed by atoms with Crippen molar-refractivity contribution in [1.82, 2.24) is 0 Å². The van der Waals surface area contributed by atoms with Crippen molar-refractivity contribution in [2.45, 2.75) is 33.0 Å². The Labute approximate surface area is 63.2 Å². The number of hydrogen-bond acceptors (Lipinski definition) is 2. The van der Waals surface area contributed by atoms with Gasteiger partial charge < -0.3 is 9.84 Å². The van der Waals surface area contributed by atoms with Crippen LogP contribution in [-0.4, -0.2) is 18.0 Å². The van der Waals surface area contributed by atoms with Gasteiger partial charge in [-0.1, -0.05) is 13.8 Å². The van der Waals surface area contributed by atoms with Crippen LogP contribution in [0.3, 0.4) is 0 Å². The highest BCUT2D eigenvalue weighted by Gasteiger charge is 2.03. The third-order valence-electron chi connectivity index (χ3n) is 1.30. The lowest BCUT2D eigenvalue weighted by Crippen LogP contribution is -2.12. The van der Waals surface area contributed by atoms with Gasteiger partial charge in [0, 0.05) is 6.61 Å². The summed E-state index contributed by atoms with van der Waals surface area (Å²) in [7, 11) is 0. The molecule has 0 aliphatic rings. The zero-order valence-electron chi connectivity index (χ0n) is 6.84. The molecule has 0 saturated heterocycles. The second-order valence-electron chi connectivity index (χ2n) is 2.80. The number of aliphatic hydroxyl groups excluding tert-OH is 1. The van der Waals surface area contributed by atoms with E-state index in [1.165, 1.54) is 0 Å². The largest absolute Gasteiger partial charge is 0.368 e. The number of aliphatic hydroxyl groups is 1. The predicted molar refractivity (Wildman–Crippen MR) is 41.4 cm³/mol. The molecule has 0 aliphatic carbocycles.